The average Bonchev–Trinajstić information content (AvgIpc) is 2.48. The van der Waals surface area contributed by atoms with Gasteiger partial charge in [0.1, 0.15) is 11.9 Å². The minimum absolute atomic E-state index is 0.256. The number of hydrogen-bond acceptors (Lipinski definition) is 3. The minimum Gasteiger partial charge on any atom is -0.493 e. The van der Waals surface area contributed by atoms with Gasteiger partial charge in [0.15, 0.2) is 0 Å². The molecule has 1 aliphatic rings. The van der Waals surface area contributed by atoms with E-state index in [9.17, 15) is 4.79 Å². The fourth-order valence-electron chi connectivity index (χ4n) is 1.44. The highest BCUT2D eigenvalue weighted by molar-refractivity contribution is 14.1. The molecule has 1 rings (SSSR count). The van der Waals surface area contributed by atoms with Gasteiger partial charge in [0.05, 0.1) is 12.7 Å². The van der Waals surface area contributed by atoms with Crippen molar-refractivity contribution in [2.75, 3.05) is 11.0 Å². The van der Waals surface area contributed by atoms with Crippen LogP contribution in [0.15, 0.2) is 11.8 Å². The van der Waals surface area contributed by atoms with Crippen LogP contribution in [-0.4, -0.2) is 23.1 Å². The van der Waals surface area contributed by atoms with Crippen LogP contribution in [0.4, 0.5) is 0 Å². The summed E-state index contributed by atoms with van der Waals surface area (Å²) in [5, 5.41) is 0. The van der Waals surface area contributed by atoms with Gasteiger partial charge in [-0.15, -0.1) is 0 Å². The Labute approximate surface area is 98.0 Å². The first kappa shape index (κ1) is 11.8. The Morgan fingerprint density at radius 2 is 2.50 bits per heavy atom. The quantitative estimate of drug-likeness (QED) is 0.347. The Balaban J connectivity index is 2.55. The number of halogens is 1. The molecule has 1 saturated heterocycles. The van der Waals surface area contributed by atoms with Crippen molar-refractivity contribution in [2.45, 2.75) is 26.4 Å². The van der Waals surface area contributed by atoms with Gasteiger partial charge in [-0.1, -0.05) is 29.5 Å². The van der Waals surface area contributed by atoms with Crippen LogP contribution in [0, 0.1) is 5.92 Å². The standard InChI is InChI=1S/C10H15IO3/c1-3-13-10(12)5-9-7(2)4-8(6-11)14-9/h5,7-8H,3-4,6H2,1-2H3/b9-5+. The van der Waals surface area contributed by atoms with Crippen molar-refractivity contribution in [1.29, 1.82) is 0 Å². The summed E-state index contributed by atoms with van der Waals surface area (Å²) in [4.78, 5) is 11.2. The van der Waals surface area contributed by atoms with E-state index in [1.807, 2.05) is 0 Å². The largest absolute Gasteiger partial charge is 0.493 e. The number of carbonyl (C=O) groups is 1. The van der Waals surface area contributed by atoms with Gasteiger partial charge in [-0.05, 0) is 13.3 Å². The molecular weight excluding hydrogens is 295 g/mol. The van der Waals surface area contributed by atoms with Gasteiger partial charge in [-0.2, -0.15) is 0 Å². The van der Waals surface area contributed by atoms with Crippen molar-refractivity contribution in [1.82, 2.24) is 0 Å². The summed E-state index contributed by atoms with van der Waals surface area (Å²) in [6.45, 7) is 4.27. The Morgan fingerprint density at radius 3 is 3.00 bits per heavy atom. The van der Waals surface area contributed by atoms with Crippen molar-refractivity contribution in [3.05, 3.63) is 11.8 Å². The molecular formula is C10H15IO3. The number of carbonyl (C=O) groups excluding carboxylic acids is 1. The summed E-state index contributed by atoms with van der Waals surface area (Å²) in [6, 6.07) is 0. The van der Waals surface area contributed by atoms with E-state index in [1.54, 1.807) is 6.92 Å². The van der Waals surface area contributed by atoms with Gasteiger partial charge >= 0.3 is 5.97 Å². The molecule has 2 atom stereocenters. The molecule has 0 N–H and O–H groups in total. The van der Waals surface area contributed by atoms with Crippen LogP contribution in [0.25, 0.3) is 0 Å². The molecule has 80 valence electrons. The maximum Gasteiger partial charge on any atom is 0.334 e. The average molecular weight is 310 g/mol. The van der Waals surface area contributed by atoms with E-state index < -0.39 is 0 Å². The number of allylic oxidation sites excluding steroid dienone is 1. The highest BCUT2D eigenvalue weighted by atomic mass is 127. The number of rotatable bonds is 3. The first-order chi connectivity index (χ1) is 6.67. The van der Waals surface area contributed by atoms with Gasteiger partial charge in [0, 0.05) is 10.3 Å². The van der Waals surface area contributed by atoms with Crippen LogP contribution in [-0.2, 0) is 14.3 Å². The van der Waals surface area contributed by atoms with E-state index in [-0.39, 0.29) is 12.1 Å². The lowest BCUT2D eigenvalue weighted by molar-refractivity contribution is -0.137. The summed E-state index contributed by atoms with van der Waals surface area (Å²) >= 11 is 2.29. The van der Waals surface area contributed by atoms with Crippen LogP contribution < -0.4 is 0 Å². The molecule has 0 saturated carbocycles. The van der Waals surface area contributed by atoms with Crippen LogP contribution >= 0.6 is 22.6 Å². The molecule has 4 heteroatoms. The van der Waals surface area contributed by atoms with Crippen LogP contribution in [0.2, 0.25) is 0 Å². The molecule has 0 aliphatic carbocycles. The number of ether oxygens (including phenoxy) is 2. The predicted molar refractivity (Wildman–Crippen MR) is 62.3 cm³/mol. The zero-order valence-corrected chi connectivity index (χ0v) is 10.6. The maximum atomic E-state index is 11.2. The van der Waals surface area contributed by atoms with Crippen molar-refractivity contribution in [3.63, 3.8) is 0 Å². The Kier molecular flexibility index (Phi) is 4.71. The number of esters is 1. The minimum atomic E-state index is -0.302. The first-order valence-corrected chi connectivity index (χ1v) is 6.30. The van der Waals surface area contributed by atoms with Gasteiger partial charge in [-0.3, -0.25) is 0 Å². The van der Waals surface area contributed by atoms with Crippen LogP contribution in [0.1, 0.15) is 20.3 Å². The monoisotopic (exact) mass is 310 g/mol. The molecule has 2 unspecified atom stereocenters. The van der Waals surface area contributed by atoms with Crippen LogP contribution in [0.5, 0.6) is 0 Å². The van der Waals surface area contributed by atoms with E-state index in [2.05, 4.69) is 29.5 Å². The summed E-state index contributed by atoms with van der Waals surface area (Å²) in [7, 11) is 0. The number of alkyl halides is 1. The molecule has 1 heterocycles. The van der Waals surface area contributed by atoms with Crippen molar-refractivity contribution < 1.29 is 14.3 Å². The number of hydrogen-bond donors (Lipinski definition) is 0. The molecule has 1 aliphatic heterocycles. The molecule has 0 aromatic heterocycles. The highest BCUT2D eigenvalue weighted by Crippen LogP contribution is 2.30. The summed E-state index contributed by atoms with van der Waals surface area (Å²) < 4.78 is 11.4. The third kappa shape index (κ3) is 3.15. The third-order valence-electron chi connectivity index (χ3n) is 2.12. The van der Waals surface area contributed by atoms with Gasteiger partial charge in [0.25, 0.3) is 0 Å². The molecule has 0 spiro atoms. The predicted octanol–water partition coefficient (Wildman–Crippen LogP) is 2.29. The van der Waals surface area contributed by atoms with E-state index in [1.165, 1.54) is 6.08 Å². The molecule has 0 bridgehead atoms. The smallest absolute Gasteiger partial charge is 0.334 e. The second-order valence-electron chi connectivity index (χ2n) is 3.33. The van der Waals surface area contributed by atoms with E-state index in [0.29, 0.717) is 12.5 Å². The lowest BCUT2D eigenvalue weighted by atomic mass is 10.1. The van der Waals surface area contributed by atoms with Crippen molar-refractivity contribution in [2.24, 2.45) is 5.92 Å². The Hall–Kier alpha value is -0.260. The summed E-state index contributed by atoms with van der Waals surface area (Å²) in [5.41, 5.74) is 0. The van der Waals surface area contributed by atoms with E-state index in [0.717, 1.165) is 16.6 Å². The molecule has 14 heavy (non-hydrogen) atoms. The second kappa shape index (κ2) is 5.58. The van der Waals surface area contributed by atoms with Crippen molar-refractivity contribution >= 4 is 28.6 Å². The molecule has 0 amide bonds. The second-order valence-corrected chi connectivity index (χ2v) is 4.21. The summed E-state index contributed by atoms with van der Waals surface area (Å²) in [5.74, 6) is 0.799. The lowest BCUT2D eigenvalue weighted by Gasteiger charge is -2.06. The third-order valence-corrected chi connectivity index (χ3v) is 3.11. The van der Waals surface area contributed by atoms with Gasteiger partial charge in [-0.25, -0.2) is 4.79 Å². The Bertz CT molecular complexity index is 238. The SMILES string of the molecule is CCOC(=O)/C=C1/OC(CI)CC1C. The summed E-state index contributed by atoms with van der Waals surface area (Å²) in [6.07, 6.45) is 2.72. The highest BCUT2D eigenvalue weighted by Gasteiger charge is 2.27. The molecule has 1 fully saturated rings. The molecule has 0 radical (unpaired) electrons. The molecule has 0 aromatic rings. The molecule has 0 aromatic carbocycles. The topological polar surface area (TPSA) is 35.5 Å². The van der Waals surface area contributed by atoms with Crippen molar-refractivity contribution in [3.8, 4) is 0 Å². The first-order valence-electron chi connectivity index (χ1n) is 4.78. The fourth-order valence-corrected chi connectivity index (χ4v) is 1.98. The molecule has 3 nitrogen and oxygen atoms in total. The Morgan fingerprint density at radius 1 is 1.79 bits per heavy atom. The van der Waals surface area contributed by atoms with E-state index >= 15 is 0 Å². The fraction of sp³-hybridized carbons (Fsp3) is 0.700. The van der Waals surface area contributed by atoms with Crippen LogP contribution in [0.3, 0.4) is 0 Å². The van der Waals surface area contributed by atoms with Gasteiger partial charge < -0.3 is 9.47 Å². The normalized spacial score (nSPS) is 28.9. The van der Waals surface area contributed by atoms with Gasteiger partial charge in [0.2, 0.25) is 0 Å². The maximum absolute atomic E-state index is 11.2. The zero-order chi connectivity index (χ0) is 10.6. The lowest BCUT2D eigenvalue weighted by Crippen LogP contribution is -2.05. The van der Waals surface area contributed by atoms with E-state index in [4.69, 9.17) is 9.47 Å². The zero-order valence-electron chi connectivity index (χ0n) is 8.46.